The molecule has 1 aromatic heterocycles. The van der Waals surface area contributed by atoms with Gasteiger partial charge in [0.1, 0.15) is 5.82 Å². The number of carboxylic acid groups (broad SMARTS) is 1. The monoisotopic (exact) mass is 729 g/mol. The number of rotatable bonds is 13. The summed E-state index contributed by atoms with van der Waals surface area (Å²) in [6, 6.07) is 10.3. The van der Waals surface area contributed by atoms with Crippen LogP contribution < -0.4 is 5.32 Å². The molecule has 3 aliphatic rings. The van der Waals surface area contributed by atoms with Crippen molar-refractivity contribution in [1.29, 1.82) is 0 Å². The fourth-order valence-corrected chi connectivity index (χ4v) is 9.20. The minimum absolute atomic E-state index is 0.0392. The summed E-state index contributed by atoms with van der Waals surface area (Å²) >= 11 is 8.02. The molecule has 270 valence electrons. The van der Waals surface area contributed by atoms with Crippen LogP contribution in [-0.4, -0.2) is 104 Å². The topological polar surface area (TPSA) is 118 Å². The van der Waals surface area contributed by atoms with Crippen molar-refractivity contribution >= 4 is 56.5 Å². The van der Waals surface area contributed by atoms with Gasteiger partial charge in [-0.25, -0.2) is 4.39 Å². The van der Waals surface area contributed by atoms with Crippen LogP contribution in [0.1, 0.15) is 60.9 Å². The number of carbonyl (C=O) groups excluding carboxylic acids is 2. The number of anilines is 1. The Bertz CT molecular complexity index is 1670. The first-order valence-corrected chi connectivity index (χ1v) is 18.6. The van der Waals surface area contributed by atoms with E-state index in [0.29, 0.717) is 64.0 Å². The lowest BCUT2D eigenvalue weighted by Gasteiger charge is -2.35. The molecule has 6 rings (SSSR count). The lowest BCUT2D eigenvalue weighted by atomic mass is 9.87. The fourth-order valence-electron chi connectivity index (χ4n) is 8.02. The van der Waals surface area contributed by atoms with E-state index in [9.17, 15) is 19.5 Å². The average Bonchev–Trinajstić information content (AvgIpc) is 3.83. The van der Waals surface area contributed by atoms with Gasteiger partial charge in [-0.05, 0) is 68.7 Å². The van der Waals surface area contributed by atoms with Crippen molar-refractivity contribution in [3.05, 3.63) is 63.7 Å². The van der Waals surface area contributed by atoms with E-state index in [0.717, 1.165) is 22.9 Å². The second kappa shape index (κ2) is 16.5. The fraction of sp³-hybridized carbons (Fsp3) is 0.541. The maximum atomic E-state index is 15.6. The maximum Gasteiger partial charge on any atom is 0.306 e. The average molecular weight is 730 g/mol. The van der Waals surface area contributed by atoms with Gasteiger partial charge in [-0.2, -0.15) is 0 Å². The first-order chi connectivity index (χ1) is 24.2. The third kappa shape index (κ3) is 8.16. The largest absolute Gasteiger partial charge is 0.481 e. The van der Waals surface area contributed by atoms with E-state index in [1.54, 1.807) is 19.6 Å². The number of nitrogens with one attached hydrogen (secondary N) is 1. The Balaban J connectivity index is 1.17. The number of carbonyl (C=O) groups is 3. The van der Waals surface area contributed by atoms with E-state index in [2.05, 4.69) is 10.2 Å². The van der Waals surface area contributed by atoms with Crippen molar-refractivity contribution in [2.75, 3.05) is 45.9 Å². The number of ether oxygens (including phenoxy) is 3. The molecule has 2 aromatic carbocycles. The van der Waals surface area contributed by atoms with Crippen LogP contribution in [0.4, 0.5) is 10.1 Å². The normalized spacial score (nSPS) is 25.7. The van der Waals surface area contributed by atoms with E-state index in [-0.39, 0.29) is 64.8 Å². The summed E-state index contributed by atoms with van der Waals surface area (Å²) in [7, 11) is 3.39. The molecule has 1 aliphatic carbocycles. The number of thiophene rings is 1. The van der Waals surface area contributed by atoms with Crippen LogP contribution in [-0.2, 0) is 30.2 Å². The van der Waals surface area contributed by atoms with Crippen LogP contribution in [0.15, 0.2) is 41.8 Å². The number of hydrogen-bond donors (Lipinski definition) is 2. The summed E-state index contributed by atoms with van der Waals surface area (Å²) in [4.78, 5) is 42.8. The smallest absolute Gasteiger partial charge is 0.306 e. The SMILES string of the molecule is COCC1CC[C@H](COC)N1[C@H]1C[C@@H](CO[C@H]2CC[C@H](C(=O)O)CC2)N(C(=O)Cc2cc(Cl)c(NC(=O)c3csc4ccccc34)cc2F)C1. The number of fused-ring (bicyclic) bond motifs is 1. The number of amides is 2. The summed E-state index contributed by atoms with van der Waals surface area (Å²) in [6.45, 7) is 1.92. The molecule has 2 amide bonds. The van der Waals surface area contributed by atoms with E-state index in [4.69, 9.17) is 25.8 Å². The van der Waals surface area contributed by atoms with Gasteiger partial charge in [0, 0.05) is 54.4 Å². The molecule has 3 fully saturated rings. The molecule has 0 spiro atoms. The molecular weight excluding hydrogens is 685 g/mol. The second-order valence-corrected chi connectivity index (χ2v) is 15.0. The van der Waals surface area contributed by atoms with Crippen LogP contribution in [0.5, 0.6) is 0 Å². The lowest BCUT2D eigenvalue weighted by Crippen LogP contribution is -2.49. The summed E-state index contributed by atoms with van der Waals surface area (Å²) in [5, 5.41) is 14.8. The van der Waals surface area contributed by atoms with Gasteiger partial charge in [0.15, 0.2) is 0 Å². The van der Waals surface area contributed by atoms with Crippen molar-refractivity contribution in [3.8, 4) is 0 Å². The van der Waals surface area contributed by atoms with Crippen molar-refractivity contribution in [3.63, 3.8) is 0 Å². The van der Waals surface area contributed by atoms with Crippen molar-refractivity contribution in [2.45, 2.75) is 81.6 Å². The van der Waals surface area contributed by atoms with Crippen LogP contribution in [0, 0.1) is 11.7 Å². The highest BCUT2D eigenvalue weighted by Gasteiger charge is 2.45. The zero-order valence-corrected chi connectivity index (χ0v) is 30.0. The van der Waals surface area contributed by atoms with E-state index >= 15 is 4.39 Å². The Labute approximate surface area is 300 Å². The van der Waals surface area contributed by atoms with E-state index in [1.165, 1.54) is 23.5 Å². The molecule has 50 heavy (non-hydrogen) atoms. The van der Waals surface area contributed by atoms with Crippen LogP contribution in [0.3, 0.4) is 0 Å². The minimum atomic E-state index is -0.764. The maximum absolute atomic E-state index is 15.6. The molecule has 3 heterocycles. The van der Waals surface area contributed by atoms with Gasteiger partial charge in [0.2, 0.25) is 5.91 Å². The van der Waals surface area contributed by atoms with Crippen molar-refractivity contribution in [2.24, 2.45) is 5.92 Å². The van der Waals surface area contributed by atoms with Gasteiger partial charge in [0.25, 0.3) is 5.91 Å². The summed E-state index contributed by atoms with van der Waals surface area (Å²) in [6.07, 6.45) is 4.81. The van der Waals surface area contributed by atoms with Crippen LogP contribution in [0.25, 0.3) is 10.1 Å². The van der Waals surface area contributed by atoms with Crippen molar-refractivity contribution in [1.82, 2.24) is 9.80 Å². The highest BCUT2D eigenvalue weighted by Crippen LogP contribution is 2.35. The van der Waals surface area contributed by atoms with E-state index < -0.39 is 17.7 Å². The number of carboxylic acids is 1. The summed E-state index contributed by atoms with van der Waals surface area (Å²) < 4.78 is 34.1. The van der Waals surface area contributed by atoms with Gasteiger partial charge < -0.3 is 29.5 Å². The predicted molar refractivity (Wildman–Crippen MR) is 191 cm³/mol. The van der Waals surface area contributed by atoms with E-state index in [1.807, 2.05) is 29.2 Å². The van der Waals surface area contributed by atoms with Crippen molar-refractivity contribution < 1.29 is 38.1 Å². The van der Waals surface area contributed by atoms with Crippen LogP contribution >= 0.6 is 22.9 Å². The molecule has 2 N–H and O–H groups in total. The highest BCUT2D eigenvalue weighted by atomic mass is 35.5. The number of benzene rings is 2. The molecule has 0 bridgehead atoms. The Morgan fingerprint density at radius 2 is 1.68 bits per heavy atom. The Hall–Kier alpha value is -3.13. The number of halogens is 2. The van der Waals surface area contributed by atoms with Gasteiger partial charge in [-0.3, -0.25) is 19.3 Å². The van der Waals surface area contributed by atoms with Gasteiger partial charge in [-0.15, -0.1) is 11.3 Å². The number of aliphatic carboxylic acids is 1. The minimum Gasteiger partial charge on any atom is -0.481 e. The quantitative estimate of drug-likeness (QED) is 0.212. The first kappa shape index (κ1) is 36.7. The number of methoxy groups -OCH3 is 2. The standard InChI is InChI=1S/C37H45ClFN3O7S/c1-47-18-24-9-10-25(19-48-2)42(24)26-15-27(20-49-28-11-7-22(8-12-28)37(45)46)41(17-26)35(43)14-23-13-31(38)33(16-32(23)39)40-36(44)30-21-50-34-6-4-3-5-29(30)34/h3-6,13,16,21-22,24-28H,7-12,14-15,17-20H2,1-2H3,(H,40,44)(H,45,46)/t22-,24-,25?,26+,27+,28-/m1/s1. The Morgan fingerprint density at radius 3 is 2.36 bits per heavy atom. The molecule has 13 heteroatoms. The molecule has 2 saturated heterocycles. The number of hydrogen-bond acceptors (Lipinski definition) is 8. The second-order valence-electron chi connectivity index (χ2n) is 13.7. The lowest BCUT2D eigenvalue weighted by molar-refractivity contribution is -0.144. The summed E-state index contributed by atoms with van der Waals surface area (Å²) in [5.41, 5.74) is 0.754. The third-order valence-electron chi connectivity index (χ3n) is 10.5. The molecule has 1 saturated carbocycles. The molecule has 10 nitrogen and oxygen atoms in total. The van der Waals surface area contributed by atoms with Gasteiger partial charge >= 0.3 is 5.97 Å². The molecule has 4 atom stereocenters. The zero-order chi connectivity index (χ0) is 35.4. The number of nitrogens with zero attached hydrogens (tertiary/aromatic N) is 2. The predicted octanol–water partition coefficient (Wildman–Crippen LogP) is 6.24. The molecule has 3 aromatic rings. The molecule has 1 unspecified atom stereocenters. The zero-order valence-electron chi connectivity index (χ0n) is 28.4. The summed E-state index contributed by atoms with van der Waals surface area (Å²) in [5.74, 6) is -2.37. The van der Waals surface area contributed by atoms with Gasteiger partial charge in [-0.1, -0.05) is 29.8 Å². The van der Waals surface area contributed by atoms with Gasteiger partial charge in [0.05, 0.1) is 60.6 Å². The highest BCUT2D eigenvalue weighted by molar-refractivity contribution is 7.17. The third-order valence-corrected chi connectivity index (χ3v) is 11.8. The van der Waals surface area contributed by atoms with Crippen LogP contribution in [0.2, 0.25) is 5.02 Å². The Morgan fingerprint density at radius 1 is 0.980 bits per heavy atom. The molecule has 0 radical (unpaired) electrons. The Kier molecular flexibility index (Phi) is 12.1. The number of likely N-dealkylation sites (tertiary alicyclic amines) is 2. The molecular formula is C37H45ClFN3O7S. The molecule has 2 aliphatic heterocycles. The first-order valence-electron chi connectivity index (χ1n) is 17.3.